The zero-order chi connectivity index (χ0) is 10.3. The molecule has 0 aliphatic carbocycles. The predicted molar refractivity (Wildman–Crippen MR) is 55.6 cm³/mol. The zero-order valence-corrected chi connectivity index (χ0v) is 12.2. The summed E-state index contributed by atoms with van der Waals surface area (Å²) in [6.07, 6.45) is 3.77. The first-order valence-electron chi connectivity index (χ1n) is 4.46. The van der Waals surface area contributed by atoms with Crippen molar-refractivity contribution in [3.8, 4) is 0 Å². The first-order valence-corrected chi connectivity index (χ1v) is 4.46. The van der Waals surface area contributed by atoms with Crippen LogP contribution in [-0.4, -0.2) is 4.57 Å². The van der Waals surface area contributed by atoms with Crippen LogP contribution in [-0.2, 0) is 32.7 Å². The summed E-state index contributed by atoms with van der Waals surface area (Å²) in [5.41, 5.74) is -0.0579. The number of pyridine rings is 1. The normalized spacial score (nSPS) is 8.64. The minimum atomic E-state index is -0.0579. The Morgan fingerprint density at radius 2 is 1.93 bits per heavy atom. The molecular formula is C11H17NOY-2. The van der Waals surface area contributed by atoms with Crippen LogP contribution >= 0.6 is 0 Å². The van der Waals surface area contributed by atoms with Gasteiger partial charge >= 0.3 is 0 Å². The van der Waals surface area contributed by atoms with Crippen molar-refractivity contribution in [1.29, 1.82) is 0 Å². The van der Waals surface area contributed by atoms with E-state index in [0.717, 1.165) is 0 Å². The Kier molecular flexibility index (Phi) is 11.3. The van der Waals surface area contributed by atoms with Gasteiger partial charge in [0.15, 0.2) is 5.56 Å². The van der Waals surface area contributed by atoms with E-state index in [9.17, 15) is 4.79 Å². The summed E-state index contributed by atoms with van der Waals surface area (Å²) in [6.45, 7) is 7.94. The molecule has 0 bridgehead atoms. The van der Waals surface area contributed by atoms with E-state index >= 15 is 0 Å². The maximum absolute atomic E-state index is 11.0. The molecule has 0 atom stereocenters. The van der Waals surface area contributed by atoms with Crippen molar-refractivity contribution in [2.75, 3.05) is 0 Å². The van der Waals surface area contributed by atoms with Crippen molar-refractivity contribution in [2.24, 2.45) is 0 Å². The second-order valence-corrected chi connectivity index (χ2v) is 3.04. The van der Waals surface area contributed by atoms with E-state index in [0.29, 0.717) is 0 Å². The maximum Gasteiger partial charge on any atom is 0.158 e. The molecule has 1 rings (SSSR count). The molecule has 0 N–H and O–H groups in total. The number of nitrogens with zero attached hydrogens (tertiary/aromatic N) is 1. The van der Waals surface area contributed by atoms with Crippen LogP contribution < -0.4 is 5.56 Å². The Labute approximate surface area is 112 Å². The summed E-state index contributed by atoms with van der Waals surface area (Å²) in [6, 6.07) is 6.25. The Morgan fingerprint density at radius 3 is 2.21 bits per heavy atom. The smallest absolute Gasteiger partial charge is 0.158 e. The summed E-state index contributed by atoms with van der Waals surface area (Å²) < 4.78 is 1.64. The molecule has 0 saturated heterocycles. The van der Waals surface area contributed by atoms with E-state index < -0.39 is 0 Å². The molecule has 0 aliphatic heterocycles. The van der Waals surface area contributed by atoms with E-state index in [1.165, 1.54) is 0 Å². The number of hydrogen-bond acceptors (Lipinski definition) is 1. The van der Waals surface area contributed by atoms with Crippen LogP contribution in [0.4, 0.5) is 0 Å². The molecule has 0 unspecified atom stereocenters. The molecule has 0 fully saturated rings. The van der Waals surface area contributed by atoms with Crippen molar-refractivity contribution >= 4 is 0 Å². The van der Waals surface area contributed by atoms with Gasteiger partial charge in [0.05, 0.1) is 0 Å². The van der Waals surface area contributed by atoms with Gasteiger partial charge in [0, 0.05) is 38.8 Å². The minimum absolute atomic E-state index is 0. The molecule has 1 radical (unpaired) electrons. The maximum atomic E-state index is 11.0. The van der Waals surface area contributed by atoms with Crippen LogP contribution in [0.3, 0.4) is 0 Å². The molecular weight excluding hydrogens is 251 g/mol. The Balaban J connectivity index is 0. The molecule has 77 valence electrons. The fraction of sp³-hybridized carbons (Fsp3) is 0.455. The number of rotatable bonds is 1. The van der Waals surface area contributed by atoms with Gasteiger partial charge in [0.25, 0.3) is 0 Å². The third-order valence-corrected chi connectivity index (χ3v) is 1.34. The van der Waals surface area contributed by atoms with Gasteiger partial charge in [0.2, 0.25) is 0 Å². The van der Waals surface area contributed by atoms with Crippen molar-refractivity contribution in [3.63, 3.8) is 0 Å². The van der Waals surface area contributed by atoms with Crippen molar-refractivity contribution in [3.05, 3.63) is 41.2 Å². The van der Waals surface area contributed by atoms with E-state index in [4.69, 9.17) is 0 Å². The van der Waals surface area contributed by atoms with Gasteiger partial charge < -0.3 is 11.0 Å². The molecule has 0 amide bonds. The summed E-state index contributed by atoms with van der Waals surface area (Å²) in [7, 11) is 0. The SMILES string of the molecule is CC(C)n1ccc[c-]c1=O.C[CH-]C.[Y]. The second kappa shape index (κ2) is 9.60. The molecule has 0 aliphatic rings. The van der Waals surface area contributed by atoms with Gasteiger partial charge in [-0.15, -0.1) is 0 Å². The van der Waals surface area contributed by atoms with Crippen molar-refractivity contribution in [1.82, 2.24) is 4.57 Å². The first-order chi connectivity index (χ1) is 6.13. The molecule has 1 aromatic heterocycles. The van der Waals surface area contributed by atoms with Crippen LogP contribution in [0.15, 0.2) is 23.1 Å². The summed E-state index contributed by atoms with van der Waals surface area (Å²) in [4.78, 5) is 11.0. The molecule has 1 aromatic rings. The predicted octanol–water partition coefficient (Wildman–Crippen LogP) is 2.46. The van der Waals surface area contributed by atoms with Gasteiger partial charge in [0.1, 0.15) is 0 Å². The summed E-state index contributed by atoms with van der Waals surface area (Å²) >= 11 is 0. The van der Waals surface area contributed by atoms with E-state index in [2.05, 4.69) is 6.07 Å². The largest absolute Gasteiger partial charge is 0.346 e. The molecule has 1 heterocycles. The fourth-order valence-corrected chi connectivity index (χ4v) is 0.804. The van der Waals surface area contributed by atoms with Gasteiger partial charge in [-0.25, -0.2) is 6.07 Å². The Bertz CT molecular complexity index is 281. The van der Waals surface area contributed by atoms with Gasteiger partial charge in [-0.2, -0.15) is 26.0 Å². The average Bonchev–Trinajstić information content (AvgIpc) is 2.06. The molecule has 0 spiro atoms. The van der Waals surface area contributed by atoms with Crippen LogP contribution in [0.2, 0.25) is 0 Å². The van der Waals surface area contributed by atoms with Crippen LogP contribution in [0.1, 0.15) is 33.7 Å². The fourth-order valence-electron chi connectivity index (χ4n) is 0.804. The molecule has 2 nitrogen and oxygen atoms in total. The molecule has 0 aromatic carbocycles. The average molecular weight is 268 g/mol. The second-order valence-electron chi connectivity index (χ2n) is 3.04. The van der Waals surface area contributed by atoms with Crippen molar-refractivity contribution in [2.45, 2.75) is 33.7 Å². The van der Waals surface area contributed by atoms with Crippen LogP contribution in [0, 0.1) is 12.5 Å². The van der Waals surface area contributed by atoms with Crippen molar-refractivity contribution < 1.29 is 32.7 Å². The van der Waals surface area contributed by atoms with Crippen LogP contribution in [0.25, 0.3) is 0 Å². The summed E-state index contributed by atoms with van der Waals surface area (Å²) in [5.74, 6) is 0. The van der Waals surface area contributed by atoms with E-state index in [1.807, 2.05) is 34.1 Å². The Morgan fingerprint density at radius 1 is 1.43 bits per heavy atom. The number of hydrogen-bond donors (Lipinski definition) is 0. The van der Waals surface area contributed by atoms with Gasteiger partial charge in [-0.05, 0) is 13.8 Å². The first kappa shape index (κ1) is 16.5. The monoisotopic (exact) mass is 268 g/mol. The third kappa shape index (κ3) is 6.50. The van der Waals surface area contributed by atoms with Gasteiger partial charge in [-0.1, -0.05) is 6.20 Å². The molecule has 0 saturated carbocycles. The summed E-state index contributed by atoms with van der Waals surface area (Å²) in [5, 5.41) is 0. The topological polar surface area (TPSA) is 22.0 Å². The molecule has 3 heteroatoms. The van der Waals surface area contributed by atoms with E-state index in [1.54, 1.807) is 22.9 Å². The number of aromatic nitrogens is 1. The Hall–Kier alpha value is 0.0539. The quantitative estimate of drug-likeness (QED) is 0.717. The minimum Gasteiger partial charge on any atom is -0.346 e. The van der Waals surface area contributed by atoms with Gasteiger partial charge in [-0.3, -0.25) is 4.79 Å². The zero-order valence-electron chi connectivity index (χ0n) is 9.32. The standard InChI is InChI=1S/C8H10NO.C3H7.Y/c1-7(2)9-6-4-3-5-8(9)10;1-3-2;/h3-4,6-7H,1-2H3;3H,1-2H3;/q2*-1;. The van der Waals surface area contributed by atoms with E-state index in [-0.39, 0.29) is 44.3 Å². The molecule has 14 heavy (non-hydrogen) atoms. The van der Waals surface area contributed by atoms with Crippen LogP contribution in [0.5, 0.6) is 0 Å². The third-order valence-electron chi connectivity index (χ3n) is 1.34.